The fourth-order valence-corrected chi connectivity index (χ4v) is 3.27. The molecule has 0 bridgehead atoms. The zero-order valence-electron chi connectivity index (χ0n) is 8.78. The number of hydrogen-bond donors (Lipinski definition) is 2. The molecule has 1 heterocycles. The van der Waals surface area contributed by atoms with Crippen molar-refractivity contribution >= 4 is 12.6 Å². The van der Waals surface area contributed by atoms with E-state index in [-0.39, 0.29) is 5.60 Å². The fourth-order valence-electron chi connectivity index (χ4n) is 2.98. The molecule has 0 aromatic carbocycles. The lowest BCUT2D eigenvalue weighted by atomic mass is 9.71. The van der Waals surface area contributed by atoms with Crippen LogP contribution in [0.3, 0.4) is 0 Å². The molecule has 2 atom stereocenters. The van der Waals surface area contributed by atoms with E-state index in [1.54, 1.807) is 0 Å². The molecule has 2 fully saturated rings. The Balaban J connectivity index is 1.95. The molecule has 1 saturated heterocycles. The van der Waals surface area contributed by atoms with Crippen LogP contribution in [0.15, 0.2) is 0 Å². The zero-order valence-corrected chi connectivity index (χ0v) is 9.68. The highest BCUT2D eigenvalue weighted by Crippen LogP contribution is 2.39. The summed E-state index contributed by atoms with van der Waals surface area (Å²) < 4.78 is 0. The molecule has 3 heteroatoms. The van der Waals surface area contributed by atoms with Gasteiger partial charge in [-0.2, -0.15) is 12.6 Å². The third-order valence-electron chi connectivity index (χ3n) is 3.93. The Kier molecular flexibility index (Phi) is 3.40. The van der Waals surface area contributed by atoms with Crippen molar-refractivity contribution in [3.8, 4) is 0 Å². The maximum atomic E-state index is 10.4. The van der Waals surface area contributed by atoms with Crippen LogP contribution < -0.4 is 0 Å². The lowest BCUT2D eigenvalue weighted by molar-refractivity contribution is -0.0941. The van der Waals surface area contributed by atoms with Crippen molar-refractivity contribution in [1.29, 1.82) is 0 Å². The summed E-state index contributed by atoms with van der Waals surface area (Å²) in [5.41, 5.74) is -0.314. The molecule has 0 amide bonds. The maximum Gasteiger partial charge on any atom is 0.0700 e. The Morgan fingerprint density at radius 3 is 3.00 bits per heavy atom. The molecule has 0 radical (unpaired) electrons. The minimum absolute atomic E-state index is 0.314. The van der Waals surface area contributed by atoms with Gasteiger partial charge in [0.05, 0.1) is 5.60 Å². The monoisotopic (exact) mass is 215 g/mol. The lowest BCUT2D eigenvalue weighted by Gasteiger charge is -2.47. The van der Waals surface area contributed by atoms with Gasteiger partial charge in [0, 0.05) is 31.3 Å². The molecule has 1 aliphatic heterocycles. The SMILES string of the molecule is OC12CCCCC1CN(CCS)CC2. The second-order valence-corrected chi connectivity index (χ2v) is 5.27. The Morgan fingerprint density at radius 2 is 2.21 bits per heavy atom. The predicted molar refractivity (Wildman–Crippen MR) is 61.8 cm³/mol. The molecule has 0 aromatic heterocycles. The molecule has 14 heavy (non-hydrogen) atoms. The van der Waals surface area contributed by atoms with Crippen LogP contribution in [-0.4, -0.2) is 41.0 Å². The molecule has 2 unspecified atom stereocenters. The molecule has 1 aliphatic carbocycles. The number of rotatable bonds is 2. The quantitative estimate of drug-likeness (QED) is 0.683. The molecule has 1 saturated carbocycles. The normalized spacial score (nSPS) is 39.4. The van der Waals surface area contributed by atoms with Crippen molar-refractivity contribution in [2.24, 2.45) is 5.92 Å². The molecular weight excluding hydrogens is 194 g/mol. The number of nitrogens with zero attached hydrogens (tertiary/aromatic N) is 1. The highest BCUT2D eigenvalue weighted by molar-refractivity contribution is 7.80. The number of thiol groups is 1. The number of hydrogen-bond acceptors (Lipinski definition) is 3. The average Bonchev–Trinajstić information content (AvgIpc) is 2.19. The third kappa shape index (κ3) is 2.10. The molecule has 2 nitrogen and oxygen atoms in total. The first-order chi connectivity index (χ1) is 6.74. The van der Waals surface area contributed by atoms with Crippen molar-refractivity contribution in [2.75, 3.05) is 25.4 Å². The summed E-state index contributed by atoms with van der Waals surface area (Å²) in [5, 5.41) is 10.4. The van der Waals surface area contributed by atoms with Crippen LogP contribution in [0.5, 0.6) is 0 Å². The molecule has 1 N–H and O–H groups in total. The van der Waals surface area contributed by atoms with Gasteiger partial charge in [0.25, 0.3) is 0 Å². The van der Waals surface area contributed by atoms with E-state index in [9.17, 15) is 5.11 Å². The minimum atomic E-state index is -0.314. The van der Waals surface area contributed by atoms with Crippen LogP contribution in [0, 0.1) is 5.92 Å². The van der Waals surface area contributed by atoms with Crippen LogP contribution in [-0.2, 0) is 0 Å². The summed E-state index contributed by atoms with van der Waals surface area (Å²) in [5.74, 6) is 1.47. The second kappa shape index (κ2) is 4.42. The maximum absolute atomic E-state index is 10.4. The number of piperidine rings is 1. The van der Waals surface area contributed by atoms with Gasteiger partial charge in [-0.1, -0.05) is 12.8 Å². The highest BCUT2D eigenvalue weighted by atomic mass is 32.1. The van der Waals surface area contributed by atoms with Gasteiger partial charge in [-0.05, 0) is 19.3 Å². The van der Waals surface area contributed by atoms with E-state index in [0.717, 1.165) is 38.2 Å². The van der Waals surface area contributed by atoms with Crippen LogP contribution in [0.2, 0.25) is 0 Å². The molecule has 0 spiro atoms. The van der Waals surface area contributed by atoms with Gasteiger partial charge in [-0.3, -0.25) is 0 Å². The van der Waals surface area contributed by atoms with E-state index in [0.29, 0.717) is 5.92 Å². The minimum Gasteiger partial charge on any atom is -0.390 e. The van der Waals surface area contributed by atoms with E-state index < -0.39 is 0 Å². The number of fused-ring (bicyclic) bond motifs is 1. The first-order valence-corrected chi connectivity index (χ1v) is 6.43. The predicted octanol–water partition coefficient (Wildman–Crippen LogP) is 1.54. The number of likely N-dealkylation sites (tertiary alicyclic amines) is 1. The van der Waals surface area contributed by atoms with E-state index in [1.165, 1.54) is 19.3 Å². The van der Waals surface area contributed by atoms with E-state index in [1.807, 2.05) is 0 Å². The van der Waals surface area contributed by atoms with Crippen LogP contribution in [0.25, 0.3) is 0 Å². The van der Waals surface area contributed by atoms with E-state index in [2.05, 4.69) is 17.5 Å². The van der Waals surface area contributed by atoms with Crippen molar-refractivity contribution in [3.05, 3.63) is 0 Å². The van der Waals surface area contributed by atoms with Crippen molar-refractivity contribution in [3.63, 3.8) is 0 Å². The van der Waals surface area contributed by atoms with Gasteiger partial charge >= 0.3 is 0 Å². The Labute approximate surface area is 92.1 Å². The molecule has 0 aromatic rings. The summed E-state index contributed by atoms with van der Waals surface area (Å²) in [6.07, 6.45) is 5.76. The summed E-state index contributed by atoms with van der Waals surface area (Å²) >= 11 is 4.27. The van der Waals surface area contributed by atoms with Gasteiger partial charge in [-0.25, -0.2) is 0 Å². The summed E-state index contributed by atoms with van der Waals surface area (Å²) in [4.78, 5) is 2.46. The standard InChI is InChI=1S/C11H21NOS/c13-11-4-2-1-3-10(11)9-12(6-5-11)7-8-14/h10,13-14H,1-9H2. The average molecular weight is 215 g/mol. The summed E-state index contributed by atoms with van der Waals surface area (Å²) in [6, 6.07) is 0. The van der Waals surface area contributed by atoms with Crippen molar-refractivity contribution < 1.29 is 5.11 Å². The molecule has 2 aliphatic rings. The Bertz CT molecular complexity index is 200. The van der Waals surface area contributed by atoms with E-state index >= 15 is 0 Å². The lowest BCUT2D eigenvalue weighted by Crippen LogP contribution is -2.53. The van der Waals surface area contributed by atoms with Crippen molar-refractivity contribution in [1.82, 2.24) is 4.90 Å². The molecule has 82 valence electrons. The largest absolute Gasteiger partial charge is 0.390 e. The van der Waals surface area contributed by atoms with Crippen LogP contribution >= 0.6 is 12.6 Å². The second-order valence-electron chi connectivity index (χ2n) is 4.82. The van der Waals surface area contributed by atoms with Crippen molar-refractivity contribution in [2.45, 2.75) is 37.7 Å². The first-order valence-electron chi connectivity index (χ1n) is 5.80. The fraction of sp³-hybridized carbons (Fsp3) is 1.00. The van der Waals surface area contributed by atoms with Gasteiger partial charge in [0.15, 0.2) is 0 Å². The Hall–Kier alpha value is 0.270. The first kappa shape index (κ1) is 10.8. The van der Waals surface area contributed by atoms with Gasteiger partial charge in [-0.15, -0.1) is 0 Å². The zero-order chi connectivity index (χ0) is 10.0. The number of aliphatic hydroxyl groups is 1. The topological polar surface area (TPSA) is 23.5 Å². The van der Waals surface area contributed by atoms with Crippen LogP contribution in [0.4, 0.5) is 0 Å². The molecule has 2 rings (SSSR count). The van der Waals surface area contributed by atoms with Crippen LogP contribution in [0.1, 0.15) is 32.1 Å². The molecular formula is C11H21NOS. The summed E-state index contributed by atoms with van der Waals surface area (Å²) in [6.45, 7) is 3.24. The van der Waals surface area contributed by atoms with E-state index in [4.69, 9.17) is 0 Å². The van der Waals surface area contributed by atoms with Gasteiger partial charge in [0.2, 0.25) is 0 Å². The highest BCUT2D eigenvalue weighted by Gasteiger charge is 2.42. The summed E-state index contributed by atoms with van der Waals surface area (Å²) in [7, 11) is 0. The third-order valence-corrected chi connectivity index (χ3v) is 4.13. The smallest absolute Gasteiger partial charge is 0.0700 e. The van der Waals surface area contributed by atoms with Gasteiger partial charge < -0.3 is 10.0 Å². The Morgan fingerprint density at radius 1 is 1.36 bits per heavy atom. The van der Waals surface area contributed by atoms with Gasteiger partial charge in [0.1, 0.15) is 0 Å².